The first-order valence-corrected chi connectivity index (χ1v) is 5.75. The van der Waals surface area contributed by atoms with E-state index in [1.54, 1.807) is 11.3 Å². The third-order valence-electron chi connectivity index (χ3n) is 2.76. The molecule has 3 heteroatoms. The van der Waals surface area contributed by atoms with Gasteiger partial charge in [-0.25, -0.2) is 0 Å². The average Bonchev–Trinajstić information content (AvgIpc) is 2.63. The van der Waals surface area contributed by atoms with Gasteiger partial charge in [-0.05, 0) is 19.3 Å². The predicted molar refractivity (Wildman–Crippen MR) is 55.8 cm³/mol. The highest BCUT2D eigenvalue weighted by Gasteiger charge is 2.25. The third kappa shape index (κ3) is 2.09. The number of thiazole rings is 1. The molecule has 0 saturated carbocycles. The maximum atomic E-state index is 4.10. The van der Waals surface area contributed by atoms with E-state index in [1.807, 2.05) is 11.7 Å². The molecule has 72 valence electrons. The number of hydrogen-bond acceptors (Lipinski definition) is 3. The van der Waals surface area contributed by atoms with Gasteiger partial charge in [-0.2, -0.15) is 0 Å². The molecule has 0 amide bonds. The fourth-order valence-corrected chi connectivity index (χ4v) is 2.75. The Morgan fingerprint density at radius 1 is 1.62 bits per heavy atom. The molecule has 1 saturated heterocycles. The monoisotopic (exact) mass is 196 g/mol. The maximum absolute atomic E-state index is 4.10. The summed E-state index contributed by atoms with van der Waals surface area (Å²) in [5, 5.41) is 0. The average molecular weight is 196 g/mol. The normalized spacial score (nSPS) is 29.7. The molecule has 2 nitrogen and oxygen atoms in total. The molecule has 0 aliphatic carbocycles. The van der Waals surface area contributed by atoms with Crippen molar-refractivity contribution in [2.24, 2.45) is 5.92 Å². The highest BCUT2D eigenvalue weighted by molar-refractivity contribution is 7.09. The molecule has 0 N–H and O–H groups in total. The van der Waals surface area contributed by atoms with Crippen LogP contribution in [0.15, 0.2) is 11.7 Å². The van der Waals surface area contributed by atoms with Crippen LogP contribution in [0.5, 0.6) is 0 Å². The molecular weight excluding hydrogens is 180 g/mol. The Balaban J connectivity index is 1.95. The summed E-state index contributed by atoms with van der Waals surface area (Å²) in [6.45, 7) is 7.00. The molecule has 1 aliphatic heterocycles. The van der Waals surface area contributed by atoms with Crippen LogP contribution in [0.25, 0.3) is 0 Å². The Bertz CT molecular complexity index is 258. The van der Waals surface area contributed by atoms with Crippen molar-refractivity contribution in [1.82, 2.24) is 9.88 Å². The summed E-state index contributed by atoms with van der Waals surface area (Å²) in [6.07, 6.45) is 3.33. The molecule has 1 fully saturated rings. The van der Waals surface area contributed by atoms with Crippen molar-refractivity contribution < 1.29 is 0 Å². The second-order valence-corrected chi connectivity index (χ2v) is 5.06. The second-order valence-electron chi connectivity index (χ2n) is 4.09. The van der Waals surface area contributed by atoms with Crippen molar-refractivity contribution in [1.29, 1.82) is 0 Å². The van der Waals surface area contributed by atoms with Gasteiger partial charge < -0.3 is 0 Å². The zero-order valence-electron chi connectivity index (χ0n) is 8.23. The minimum absolute atomic E-state index is 0.747. The van der Waals surface area contributed by atoms with Gasteiger partial charge in [0.2, 0.25) is 0 Å². The highest BCUT2D eigenvalue weighted by Crippen LogP contribution is 2.24. The van der Waals surface area contributed by atoms with Gasteiger partial charge in [0, 0.05) is 30.2 Å². The Labute approximate surface area is 83.6 Å². The maximum Gasteiger partial charge on any atom is 0.0794 e. The van der Waals surface area contributed by atoms with Crippen LogP contribution in [0.2, 0.25) is 0 Å². The van der Waals surface area contributed by atoms with Gasteiger partial charge in [0.05, 0.1) is 5.51 Å². The van der Waals surface area contributed by atoms with Gasteiger partial charge >= 0.3 is 0 Å². The van der Waals surface area contributed by atoms with Crippen molar-refractivity contribution in [2.75, 3.05) is 6.54 Å². The predicted octanol–water partition coefficient (Wildman–Crippen LogP) is 2.37. The third-order valence-corrected chi connectivity index (χ3v) is 3.52. The smallest absolute Gasteiger partial charge is 0.0794 e. The van der Waals surface area contributed by atoms with E-state index in [4.69, 9.17) is 0 Å². The van der Waals surface area contributed by atoms with E-state index >= 15 is 0 Å². The first-order chi connectivity index (χ1) is 6.25. The summed E-state index contributed by atoms with van der Waals surface area (Å²) in [5.41, 5.74) is 1.92. The summed E-state index contributed by atoms with van der Waals surface area (Å²) in [4.78, 5) is 8.04. The van der Waals surface area contributed by atoms with E-state index in [9.17, 15) is 0 Å². The van der Waals surface area contributed by atoms with E-state index < -0.39 is 0 Å². The van der Waals surface area contributed by atoms with Crippen molar-refractivity contribution in [3.05, 3.63) is 16.6 Å². The summed E-state index contributed by atoms with van der Waals surface area (Å²) < 4.78 is 0. The van der Waals surface area contributed by atoms with Crippen LogP contribution in [-0.2, 0) is 6.54 Å². The number of hydrogen-bond donors (Lipinski definition) is 0. The lowest BCUT2D eigenvalue weighted by Crippen LogP contribution is -2.26. The molecular formula is C10H16N2S. The summed E-state index contributed by atoms with van der Waals surface area (Å²) in [7, 11) is 0. The molecule has 1 aliphatic rings. The lowest BCUT2D eigenvalue weighted by Gasteiger charge is -2.19. The van der Waals surface area contributed by atoms with Gasteiger partial charge in [-0.15, -0.1) is 11.3 Å². The minimum atomic E-state index is 0.747. The lowest BCUT2D eigenvalue weighted by atomic mass is 10.1. The minimum Gasteiger partial charge on any atom is -0.295 e. The van der Waals surface area contributed by atoms with Crippen LogP contribution in [0.4, 0.5) is 0 Å². The second kappa shape index (κ2) is 3.76. The van der Waals surface area contributed by atoms with Gasteiger partial charge in [-0.3, -0.25) is 9.88 Å². The molecule has 0 bridgehead atoms. The molecule has 1 aromatic rings. The van der Waals surface area contributed by atoms with Crippen molar-refractivity contribution in [3.63, 3.8) is 0 Å². The number of nitrogens with zero attached hydrogens (tertiary/aromatic N) is 2. The fourth-order valence-electron chi connectivity index (χ4n) is 2.13. The number of rotatable bonds is 2. The van der Waals surface area contributed by atoms with Crippen LogP contribution < -0.4 is 0 Å². The Kier molecular flexibility index (Phi) is 2.65. The fraction of sp³-hybridized carbons (Fsp3) is 0.700. The Morgan fingerprint density at radius 2 is 2.46 bits per heavy atom. The molecule has 2 rings (SSSR count). The van der Waals surface area contributed by atoms with Crippen LogP contribution in [0.3, 0.4) is 0 Å². The molecule has 0 radical (unpaired) electrons. The van der Waals surface area contributed by atoms with Crippen molar-refractivity contribution in [2.45, 2.75) is 32.9 Å². The van der Waals surface area contributed by atoms with Crippen LogP contribution in [0, 0.1) is 5.92 Å². The van der Waals surface area contributed by atoms with Crippen molar-refractivity contribution in [3.8, 4) is 0 Å². The quantitative estimate of drug-likeness (QED) is 0.722. The van der Waals surface area contributed by atoms with E-state index in [0.717, 1.165) is 18.5 Å². The van der Waals surface area contributed by atoms with E-state index in [0.29, 0.717) is 0 Å². The Morgan fingerprint density at radius 3 is 3.00 bits per heavy atom. The standard InChI is InChI=1S/C10H16N2S/c1-8-3-9(2)12(5-8)6-10-4-11-7-13-10/h4,7-9H,3,5-6H2,1-2H3. The highest BCUT2D eigenvalue weighted by atomic mass is 32.1. The topological polar surface area (TPSA) is 16.1 Å². The van der Waals surface area contributed by atoms with Crippen LogP contribution >= 0.6 is 11.3 Å². The molecule has 13 heavy (non-hydrogen) atoms. The molecule has 1 aromatic heterocycles. The summed E-state index contributed by atoms with van der Waals surface area (Å²) in [6, 6.07) is 0.747. The van der Waals surface area contributed by atoms with E-state index in [2.05, 4.69) is 23.7 Å². The Hall–Kier alpha value is -0.410. The number of aromatic nitrogens is 1. The summed E-state index contributed by atoms with van der Waals surface area (Å²) in [5.74, 6) is 0.864. The molecule has 0 spiro atoms. The van der Waals surface area contributed by atoms with Crippen LogP contribution in [-0.4, -0.2) is 22.5 Å². The number of likely N-dealkylation sites (tertiary alicyclic amines) is 1. The zero-order valence-corrected chi connectivity index (χ0v) is 9.05. The van der Waals surface area contributed by atoms with Gasteiger partial charge in [0.15, 0.2) is 0 Å². The molecule has 2 atom stereocenters. The molecule has 2 heterocycles. The SMILES string of the molecule is CC1CC(C)N(Cc2cncs2)C1. The van der Waals surface area contributed by atoms with Gasteiger partial charge in [-0.1, -0.05) is 6.92 Å². The van der Waals surface area contributed by atoms with Gasteiger partial charge in [0.25, 0.3) is 0 Å². The summed E-state index contributed by atoms with van der Waals surface area (Å²) >= 11 is 1.76. The first kappa shape index (κ1) is 9.16. The van der Waals surface area contributed by atoms with E-state index in [1.165, 1.54) is 17.8 Å². The van der Waals surface area contributed by atoms with Gasteiger partial charge in [0.1, 0.15) is 0 Å². The lowest BCUT2D eigenvalue weighted by molar-refractivity contribution is 0.259. The molecule has 0 aromatic carbocycles. The van der Waals surface area contributed by atoms with Crippen LogP contribution in [0.1, 0.15) is 25.1 Å². The zero-order chi connectivity index (χ0) is 9.26. The van der Waals surface area contributed by atoms with Crippen molar-refractivity contribution >= 4 is 11.3 Å². The first-order valence-electron chi connectivity index (χ1n) is 4.87. The largest absolute Gasteiger partial charge is 0.295 e. The molecule has 2 unspecified atom stereocenters. The van der Waals surface area contributed by atoms with E-state index in [-0.39, 0.29) is 0 Å².